The highest BCUT2D eigenvalue weighted by Gasteiger charge is 2.35. The lowest BCUT2D eigenvalue weighted by atomic mass is 10.1. The average molecular weight is 381 g/mol. The van der Waals surface area contributed by atoms with E-state index in [4.69, 9.17) is 4.18 Å². The Labute approximate surface area is 162 Å². The first kappa shape index (κ1) is 19.1. The van der Waals surface area contributed by atoms with E-state index in [9.17, 15) is 9.90 Å². The minimum atomic E-state index is -2.37. The monoisotopic (exact) mass is 380 g/mol. The maximum Gasteiger partial charge on any atom is 0.517 e. The van der Waals surface area contributed by atoms with E-state index in [0.717, 1.165) is 33.9 Å². The summed E-state index contributed by atoms with van der Waals surface area (Å²) in [6, 6.07) is 27.5. The van der Waals surface area contributed by atoms with E-state index in [1.165, 1.54) is 5.56 Å². The van der Waals surface area contributed by atoms with Crippen molar-refractivity contribution in [3.05, 3.63) is 90.5 Å². The van der Waals surface area contributed by atoms with Crippen LogP contribution in [0.4, 0.5) is 4.79 Å². The van der Waals surface area contributed by atoms with E-state index >= 15 is 0 Å². The Balaban J connectivity index is 2.18. The maximum absolute atomic E-state index is 11.7. The molecule has 3 nitrogen and oxygen atoms in total. The van der Waals surface area contributed by atoms with Crippen LogP contribution >= 0.6 is 10.3 Å². The first-order valence-electron chi connectivity index (χ1n) is 9.11. The number of rotatable bonds is 7. The Hall–Kier alpha value is -2.72. The number of unbranched alkanes of at least 4 members (excludes halogenated alkanes) is 1. The van der Waals surface area contributed by atoms with Crippen LogP contribution in [-0.4, -0.2) is 11.3 Å². The zero-order chi connectivity index (χ0) is 19.1. The number of carbonyl (C=O) groups is 1. The van der Waals surface area contributed by atoms with Gasteiger partial charge in [-0.25, -0.2) is 4.79 Å². The molecule has 4 heteroatoms. The Morgan fingerprint density at radius 2 is 1.30 bits per heavy atom. The maximum atomic E-state index is 11.7. The van der Waals surface area contributed by atoms with E-state index in [-0.39, 0.29) is 0 Å². The van der Waals surface area contributed by atoms with Crippen molar-refractivity contribution in [1.29, 1.82) is 0 Å². The molecule has 1 N–H and O–H groups in total. The summed E-state index contributed by atoms with van der Waals surface area (Å²) in [5.41, 5.74) is 1.25. The van der Waals surface area contributed by atoms with Crippen molar-refractivity contribution in [3.63, 3.8) is 0 Å². The van der Waals surface area contributed by atoms with Gasteiger partial charge in [-0.15, -0.1) is 0 Å². The quantitative estimate of drug-likeness (QED) is 0.484. The molecule has 0 unspecified atom stereocenters. The Bertz CT molecular complexity index is 822. The first-order valence-corrected chi connectivity index (χ1v) is 10.7. The largest absolute Gasteiger partial charge is 0.517 e. The predicted octanol–water partition coefficient (Wildman–Crippen LogP) is 6.92. The topological polar surface area (TPSA) is 46.5 Å². The zero-order valence-corrected chi connectivity index (χ0v) is 16.2. The molecule has 0 aliphatic heterocycles. The van der Waals surface area contributed by atoms with Gasteiger partial charge in [-0.05, 0) is 65.1 Å². The number of aryl methyl sites for hydroxylation is 1. The molecule has 0 saturated heterocycles. The molecule has 0 amide bonds. The van der Waals surface area contributed by atoms with Crippen LogP contribution < -0.4 is 0 Å². The van der Waals surface area contributed by atoms with E-state index < -0.39 is 16.5 Å². The highest BCUT2D eigenvalue weighted by molar-refractivity contribution is 8.30. The molecule has 0 bridgehead atoms. The molecular weight excluding hydrogens is 356 g/mol. The van der Waals surface area contributed by atoms with E-state index in [0.29, 0.717) is 0 Å². The molecule has 0 fully saturated rings. The summed E-state index contributed by atoms with van der Waals surface area (Å²) in [4.78, 5) is 14.3. The van der Waals surface area contributed by atoms with Gasteiger partial charge < -0.3 is 9.29 Å². The number of hydrogen-bond acceptors (Lipinski definition) is 2. The second kappa shape index (κ2) is 8.78. The summed E-state index contributed by atoms with van der Waals surface area (Å²) in [6.07, 6.45) is 2.04. The first-order chi connectivity index (χ1) is 13.2. The van der Waals surface area contributed by atoms with Crippen molar-refractivity contribution in [2.24, 2.45) is 0 Å². The second-order valence-electron chi connectivity index (χ2n) is 6.28. The van der Waals surface area contributed by atoms with Gasteiger partial charge in [0.15, 0.2) is 0 Å². The lowest BCUT2D eigenvalue weighted by molar-refractivity contribution is 0.150. The van der Waals surface area contributed by atoms with Crippen molar-refractivity contribution >= 4 is 16.5 Å². The molecule has 0 aliphatic carbocycles. The minimum Gasteiger partial charge on any atom is -0.449 e. The third-order valence-corrected chi connectivity index (χ3v) is 7.62. The van der Waals surface area contributed by atoms with Gasteiger partial charge >= 0.3 is 6.16 Å². The highest BCUT2D eigenvalue weighted by atomic mass is 32.3. The van der Waals surface area contributed by atoms with Crippen LogP contribution in [0.15, 0.2) is 99.6 Å². The zero-order valence-electron chi connectivity index (χ0n) is 15.4. The fraction of sp³-hybridized carbons (Fsp3) is 0.174. The van der Waals surface area contributed by atoms with Gasteiger partial charge in [0.1, 0.15) is 0 Å². The summed E-state index contributed by atoms with van der Waals surface area (Å²) < 4.78 is 5.72. The van der Waals surface area contributed by atoms with Gasteiger partial charge in [-0.2, -0.15) is 0 Å². The molecular formula is C23H24O3S. The van der Waals surface area contributed by atoms with Crippen molar-refractivity contribution in [2.45, 2.75) is 40.9 Å². The van der Waals surface area contributed by atoms with Crippen molar-refractivity contribution in [3.8, 4) is 0 Å². The summed E-state index contributed by atoms with van der Waals surface area (Å²) >= 11 is 0. The lowest BCUT2D eigenvalue weighted by Gasteiger charge is -2.38. The van der Waals surface area contributed by atoms with Crippen LogP contribution in [0.25, 0.3) is 0 Å². The summed E-state index contributed by atoms with van der Waals surface area (Å²) in [6.45, 7) is 2.18. The third kappa shape index (κ3) is 4.17. The molecule has 0 heterocycles. The standard InChI is InChI=1S/C23H24O3S/c1-2-3-10-19-15-17-22(18-16-19)27(26-23(24)25,20-11-6-4-7-12-20)21-13-8-5-9-14-21/h4-9,11-18H,2-3,10H2,1H3,(H,24,25). The normalized spacial score (nSPS) is 11.7. The van der Waals surface area contributed by atoms with E-state index in [2.05, 4.69) is 19.1 Å². The molecule has 3 aromatic rings. The second-order valence-corrected chi connectivity index (χ2v) is 8.97. The van der Waals surface area contributed by atoms with Crippen molar-refractivity contribution in [2.75, 3.05) is 0 Å². The highest BCUT2D eigenvalue weighted by Crippen LogP contribution is 2.69. The summed E-state index contributed by atoms with van der Waals surface area (Å²) in [5.74, 6) is 0. The van der Waals surface area contributed by atoms with Gasteiger partial charge in [0.25, 0.3) is 0 Å². The Morgan fingerprint density at radius 1 is 0.815 bits per heavy atom. The molecule has 0 spiro atoms. The van der Waals surface area contributed by atoms with Crippen LogP contribution in [0, 0.1) is 0 Å². The third-order valence-electron chi connectivity index (χ3n) is 4.42. The van der Waals surface area contributed by atoms with Gasteiger partial charge in [-0.3, -0.25) is 0 Å². The van der Waals surface area contributed by atoms with Gasteiger partial charge in [0, 0.05) is 14.7 Å². The molecule has 0 aromatic heterocycles. The molecule has 3 aromatic carbocycles. The van der Waals surface area contributed by atoms with Crippen LogP contribution in [0.2, 0.25) is 0 Å². The van der Waals surface area contributed by atoms with Crippen LogP contribution in [-0.2, 0) is 10.6 Å². The summed E-state index contributed by atoms with van der Waals surface area (Å²) in [7, 11) is -2.37. The number of hydrogen-bond donors (Lipinski definition) is 1. The molecule has 0 aliphatic rings. The van der Waals surface area contributed by atoms with E-state index in [1.54, 1.807) is 0 Å². The van der Waals surface area contributed by atoms with Gasteiger partial charge in [-0.1, -0.05) is 61.9 Å². The molecule has 0 radical (unpaired) electrons. The molecule has 0 atom stereocenters. The number of carboxylic acid groups (broad SMARTS) is 1. The minimum absolute atomic E-state index is 0.861. The molecule has 27 heavy (non-hydrogen) atoms. The van der Waals surface area contributed by atoms with Crippen LogP contribution in [0.5, 0.6) is 0 Å². The smallest absolute Gasteiger partial charge is 0.449 e. The Morgan fingerprint density at radius 3 is 1.74 bits per heavy atom. The SMILES string of the molecule is CCCCc1ccc(S(OC(=O)O)(c2ccccc2)c2ccccc2)cc1. The molecule has 140 valence electrons. The lowest BCUT2D eigenvalue weighted by Crippen LogP contribution is -2.12. The molecule has 0 saturated carbocycles. The Kier molecular flexibility index (Phi) is 6.20. The van der Waals surface area contributed by atoms with Crippen molar-refractivity contribution < 1.29 is 14.1 Å². The predicted molar refractivity (Wildman–Crippen MR) is 109 cm³/mol. The van der Waals surface area contributed by atoms with Crippen molar-refractivity contribution in [1.82, 2.24) is 0 Å². The fourth-order valence-electron chi connectivity index (χ4n) is 3.11. The van der Waals surface area contributed by atoms with Crippen LogP contribution in [0.1, 0.15) is 25.3 Å². The summed E-state index contributed by atoms with van der Waals surface area (Å²) in [5, 5.41) is 9.60. The van der Waals surface area contributed by atoms with Gasteiger partial charge in [0.05, 0.1) is 0 Å². The fourth-order valence-corrected chi connectivity index (χ4v) is 6.03. The molecule has 3 rings (SSSR count). The van der Waals surface area contributed by atoms with Gasteiger partial charge in [0.2, 0.25) is 0 Å². The average Bonchev–Trinajstić information content (AvgIpc) is 2.72. The van der Waals surface area contributed by atoms with Crippen LogP contribution in [0.3, 0.4) is 0 Å². The number of benzene rings is 3. The van der Waals surface area contributed by atoms with E-state index in [1.807, 2.05) is 72.8 Å².